The lowest BCUT2D eigenvalue weighted by molar-refractivity contribution is -0.139. The molecule has 0 radical (unpaired) electrons. The molecule has 1 heterocycles. The summed E-state index contributed by atoms with van der Waals surface area (Å²) in [5, 5.41) is 17.5. The first-order valence-corrected chi connectivity index (χ1v) is 6.95. The average Bonchev–Trinajstić information content (AvgIpc) is 2.78. The summed E-state index contributed by atoms with van der Waals surface area (Å²) in [5.41, 5.74) is 1.33. The number of carbonyl (C=O) groups is 1. The third-order valence-electron chi connectivity index (χ3n) is 3.16. The molecule has 0 atom stereocenters. The third kappa shape index (κ3) is 4.04. The summed E-state index contributed by atoms with van der Waals surface area (Å²) in [6, 6.07) is 5.46. The maximum absolute atomic E-state index is 10.8. The van der Waals surface area contributed by atoms with Crippen LogP contribution in [0.15, 0.2) is 22.6 Å². The summed E-state index contributed by atoms with van der Waals surface area (Å²) in [4.78, 5) is 10.8. The van der Waals surface area contributed by atoms with Gasteiger partial charge >= 0.3 is 5.97 Å². The second kappa shape index (κ2) is 5.85. The molecule has 6 heteroatoms. The highest BCUT2D eigenvalue weighted by molar-refractivity contribution is 6.30. The van der Waals surface area contributed by atoms with Gasteiger partial charge in [-0.3, -0.25) is 4.79 Å². The molecule has 21 heavy (non-hydrogen) atoms. The number of benzene rings is 1. The highest BCUT2D eigenvalue weighted by Crippen LogP contribution is 2.29. The lowest BCUT2D eigenvalue weighted by Crippen LogP contribution is -2.19. The fourth-order valence-corrected chi connectivity index (χ4v) is 2.31. The van der Waals surface area contributed by atoms with E-state index in [-0.39, 0.29) is 6.42 Å². The molecule has 0 saturated carbocycles. The molecular formula is C15H17ClN2O3. The van der Waals surface area contributed by atoms with Gasteiger partial charge in [-0.25, -0.2) is 0 Å². The van der Waals surface area contributed by atoms with Crippen molar-refractivity contribution >= 4 is 17.6 Å². The quantitative estimate of drug-likeness (QED) is 0.910. The number of hydrogen-bond acceptors (Lipinski definition) is 4. The first-order valence-electron chi connectivity index (χ1n) is 6.57. The zero-order chi connectivity index (χ0) is 15.6. The summed E-state index contributed by atoms with van der Waals surface area (Å²) < 4.78 is 5.65. The Morgan fingerprint density at radius 3 is 2.76 bits per heavy atom. The van der Waals surface area contributed by atoms with Crippen LogP contribution in [0.2, 0.25) is 5.02 Å². The van der Waals surface area contributed by atoms with Crippen molar-refractivity contribution in [1.82, 2.24) is 10.2 Å². The lowest BCUT2D eigenvalue weighted by atomic mass is 9.86. The van der Waals surface area contributed by atoms with Crippen molar-refractivity contribution in [2.24, 2.45) is 5.41 Å². The molecular weight excluding hydrogens is 292 g/mol. The van der Waals surface area contributed by atoms with Gasteiger partial charge < -0.3 is 9.52 Å². The van der Waals surface area contributed by atoms with E-state index in [1.807, 2.05) is 26.8 Å². The molecule has 0 fully saturated rings. The topological polar surface area (TPSA) is 76.2 Å². The molecule has 2 rings (SSSR count). The zero-order valence-corrected chi connectivity index (χ0v) is 12.9. The van der Waals surface area contributed by atoms with Crippen LogP contribution in [0, 0.1) is 12.3 Å². The van der Waals surface area contributed by atoms with E-state index in [0.717, 1.165) is 11.1 Å². The molecule has 112 valence electrons. The molecule has 0 aliphatic rings. The van der Waals surface area contributed by atoms with Gasteiger partial charge in [0.2, 0.25) is 11.8 Å². The number of aryl methyl sites for hydroxylation is 1. The van der Waals surface area contributed by atoms with Crippen molar-refractivity contribution in [2.75, 3.05) is 0 Å². The van der Waals surface area contributed by atoms with Crippen LogP contribution < -0.4 is 0 Å². The highest BCUT2D eigenvalue weighted by atomic mass is 35.5. The molecule has 0 amide bonds. The fraction of sp³-hybridized carbons (Fsp3) is 0.400. The Bertz CT molecular complexity index is 665. The number of hydrogen-bond donors (Lipinski definition) is 1. The lowest BCUT2D eigenvalue weighted by Gasteiger charge is -2.19. The van der Waals surface area contributed by atoms with Gasteiger partial charge in [0.15, 0.2) is 0 Å². The summed E-state index contributed by atoms with van der Waals surface area (Å²) in [5.74, 6) is -0.0165. The van der Waals surface area contributed by atoms with E-state index in [1.165, 1.54) is 0 Å². The molecule has 1 aromatic carbocycles. The van der Waals surface area contributed by atoms with E-state index >= 15 is 0 Å². The van der Waals surface area contributed by atoms with Crippen molar-refractivity contribution in [2.45, 2.75) is 33.6 Å². The highest BCUT2D eigenvalue weighted by Gasteiger charge is 2.25. The predicted octanol–water partition coefficient (Wildman–Crippen LogP) is 3.74. The van der Waals surface area contributed by atoms with Crippen LogP contribution in [0.25, 0.3) is 11.5 Å². The van der Waals surface area contributed by atoms with Gasteiger partial charge in [0.25, 0.3) is 0 Å². The van der Waals surface area contributed by atoms with Crippen molar-refractivity contribution in [3.8, 4) is 11.5 Å². The molecule has 0 aliphatic heterocycles. The van der Waals surface area contributed by atoms with Crippen molar-refractivity contribution in [1.29, 1.82) is 0 Å². The molecule has 2 aromatic rings. The second-order valence-corrected chi connectivity index (χ2v) is 6.31. The van der Waals surface area contributed by atoms with E-state index in [1.54, 1.807) is 12.1 Å². The zero-order valence-electron chi connectivity index (χ0n) is 12.2. The normalized spacial score (nSPS) is 11.6. The molecule has 5 nitrogen and oxygen atoms in total. The number of carboxylic acid groups (broad SMARTS) is 1. The third-order valence-corrected chi connectivity index (χ3v) is 3.39. The van der Waals surface area contributed by atoms with Crippen LogP contribution in [0.4, 0.5) is 0 Å². The van der Waals surface area contributed by atoms with Crippen LogP contribution in [0.5, 0.6) is 0 Å². The largest absolute Gasteiger partial charge is 0.481 e. The van der Waals surface area contributed by atoms with Crippen molar-refractivity contribution in [3.05, 3.63) is 34.7 Å². The Hall–Kier alpha value is -1.88. The summed E-state index contributed by atoms with van der Waals surface area (Å²) in [6.07, 6.45) is 0.451. The van der Waals surface area contributed by atoms with Gasteiger partial charge in [-0.05, 0) is 30.0 Å². The number of aromatic nitrogens is 2. The number of halogens is 1. The average molecular weight is 309 g/mol. The maximum atomic E-state index is 10.8. The van der Waals surface area contributed by atoms with E-state index in [2.05, 4.69) is 10.2 Å². The van der Waals surface area contributed by atoms with Gasteiger partial charge in [0.05, 0.1) is 6.42 Å². The summed E-state index contributed by atoms with van der Waals surface area (Å²) in [7, 11) is 0. The minimum Gasteiger partial charge on any atom is -0.481 e. The molecule has 0 aliphatic carbocycles. The fourth-order valence-electron chi connectivity index (χ4n) is 2.14. The number of rotatable bonds is 5. The van der Waals surface area contributed by atoms with Crippen LogP contribution >= 0.6 is 11.6 Å². The standard InChI is InChI=1S/C15H17ClN2O3/c1-9-4-5-10(16)6-11(9)14-18-17-12(21-14)7-15(2,3)8-13(19)20/h4-6H,7-8H2,1-3H3,(H,19,20). The smallest absolute Gasteiger partial charge is 0.303 e. The van der Waals surface area contributed by atoms with Crippen LogP contribution in [-0.4, -0.2) is 21.3 Å². The minimum atomic E-state index is -0.842. The van der Waals surface area contributed by atoms with Gasteiger partial charge in [0, 0.05) is 17.0 Å². The Morgan fingerprint density at radius 1 is 1.38 bits per heavy atom. The van der Waals surface area contributed by atoms with E-state index in [4.69, 9.17) is 21.1 Å². The monoisotopic (exact) mass is 308 g/mol. The molecule has 0 saturated heterocycles. The molecule has 0 spiro atoms. The van der Waals surface area contributed by atoms with Gasteiger partial charge in [-0.1, -0.05) is 31.5 Å². The Labute approximate surface area is 128 Å². The Kier molecular flexibility index (Phi) is 4.32. The first kappa shape index (κ1) is 15.5. The molecule has 0 unspecified atom stereocenters. The predicted molar refractivity (Wildman–Crippen MR) is 79.2 cm³/mol. The van der Waals surface area contributed by atoms with Crippen LogP contribution in [0.1, 0.15) is 31.7 Å². The maximum Gasteiger partial charge on any atom is 0.303 e. The van der Waals surface area contributed by atoms with Crippen LogP contribution in [0.3, 0.4) is 0 Å². The van der Waals surface area contributed by atoms with E-state index in [9.17, 15) is 4.79 Å². The van der Waals surface area contributed by atoms with Gasteiger partial charge in [-0.2, -0.15) is 0 Å². The Morgan fingerprint density at radius 2 is 2.10 bits per heavy atom. The van der Waals surface area contributed by atoms with Gasteiger partial charge in [-0.15, -0.1) is 10.2 Å². The van der Waals surface area contributed by atoms with Crippen molar-refractivity contribution < 1.29 is 14.3 Å². The van der Waals surface area contributed by atoms with E-state index < -0.39 is 11.4 Å². The molecule has 1 aromatic heterocycles. The first-order chi connectivity index (χ1) is 9.77. The SMILES string of the molecule is Cc1ccc(Cl)cc1-c1nnc(CC(C)(C)CC(=O)O)o1. The second-order valence-electron chi connectivity index (χ2n) is 5.87. The summed E-state index contributed by atoms with van der Waals surface area (Å²) in [6.45, 7) is 5.65. The number of aliphatic carboxylic acids is 1. The Balaban J connectivity index is 2.22. The molecule has 1 N–H and O–H groups in total. The summed E-state index contributed by atoms with van der Waals surface area (Å²) >= 11 is 5.98. The van der Waals surface area contributed by atoms with Crippen LogP contribution in [-0.2, 0) is 11.2 Å². The minimum absolute atomic E-state index is 0.0426. The number of carboxylic acids is 1. The van der Waals surface area contributed by atoms with E-state index in [0.29, 0.717) is 23.2 Å². The van der Waals surface area contributed by atoms with Crippen molar-refractivity contribution in [3.63, 3.8) is 0 Å². The molecule has 0 bridgehead atoms. The van der Waals surface area contributed by atoms with Gasteiger partial charge in [0.1, 0.15) is 0 Å². The number of nitrogens with zero attached hydrogens (tertiary/aromatic N) is 2.